The zero-order valence-electron chi connectivity index (χ0n) is 21.7. The maximum absolute atomic E-state index is 12.0. The maximum atomic E-state index is 12.0. The molecule has 0 fully saturated rings. The molecular formula is C27H53NO4S. The van der Waals surface area contributed by atoms with E-state index in [0.717, 1.165) is 6.42 Å². The molecule has 0 heterocycles. The number of hydrogen-bond acceptors (Lipinski definition) is 3. The van der Waals surface area contributed by atoms with Gasteiger partial charge in [-0.3, -0.25) is 9.35 Å². The Balaban J connectivity index is 3.37. The van der Waals surface area contributed by atoms with E-state index < -0.39 is 10.1 Å². The van der Waals surface area contributed by atoms with Crippen LogP contribution < -0.4 is 0 Å². The lowest BCUT2D eigenvalue weighted by atomic mass is 10.0. The molecule has 0 bridgehead atoms. The average Bonchev–Trinajstić information content (AvgIpc) is 2.77. The van der Waals surface area contributed by atoms with E-state index in [1.807, 2.05) is 6.08 Å². The van der Waals surface area contributed by atoms with Gasteiger partial charge < -0.3 is 4.90 Å². The van der Waals surface area contributed by atoms with E-state index in [1.54, 1.807) is 11.9 Å². The number of allylic oxidation sites excluding steroid dienone is 1. The molecule has 0 saturated heterocycles. The number of amides is 1. The minimum Gasteiger partial charge on any atom is -0.345 e. The minimum absolute atomic E-state index is 0.0464. The molecule has 0 unspecified atom stereocenters. The van der Waals surface area contributed by atoms with E-state index in [-0.39, 0.29) is 11.7 Å². The van der Waals surface area contributed by atoms with Gasteiger partial charge in [-0.2, -0.15) is 8.42 Å². The Hall–Kier alpha value is -0.880. The molecule has 0 spiro atoms. The van der Waals surface area contributed by atoms with Gasteiger partial charge in [0, 0.05) is 20.0 Å². The van der Waals surface area contributed by atoms with Gasteiger partial charge in [-0.25, -0.2) is 0 Å². The molecule has 0 aliphatic carbocycles. The van der Waals surface area contributed by atoms with Gasteiger partial charge in [-0.05, 0) is 25.7 Å². The Kier molecular flexibility index (Phi) is 22.3. The predicted molar refractivity (Wildman–Crippen MR) is 141 cm³/mol. The highest BCUT2D eigenvalue weighted by Crippen LogP contribution is 2.14. The number of carbonyl (C=O) groups is 1. The topological polar surface area (TPSA) is 74.7 Å². The highest BCUT2D eigenvalue weighted by molar-refractivity contribution is 7.85. The molecule has 0 rings (SSSR count). The second-order valence-corrected chi connectivity index (χ2v) is 11.1. The monoisotopic (exact) mass is 487 g/mol. The van der Waals surface area contributed by atoms with Crippen molar-refractivity contribution in [3.8, 4) is 0 Å². The van der Waals surface area contributed by atoms with Crippen LogP contribution in [0.25, 0.3) is 0 Å². The van der Waals surface area contributed by atoms with Gasteiger partial charge in [0.15, 0.2) is 0 Å². The molecule has 1 N–H and O–H groups in total. The first-order valence-electron chi connectivity index (χ1n) is 13.7. The third kappa shape index (κ3) is 25.6. The summed E-state index contributed by atoms with van der Waals surface area (Å²) in [7, 11) is -2.16. The fourth-order valence-electron chi connectivity index (χ4n) is 4.03. The highest BCUT2D eigenvalue weighted by Gasteiger charge is 2.08. The molecule has 33 heavy (non-hydrogen) atoms. The summed E-state index contributed by atoms with van der Waals surface area (Å²) in [6.45, 7) is 2.79. The summed E-state index contributed by atoms with van der Waals surface area (Å²) < 4.78 is 30.0. The van der Waals surface area contributed by atoms with Crippen LogP contribution in [-0.2, 0) is 14.9 Å². The Morgan fingerprint density at radius 1 is 0.697 bits per heavy atom. The lowest BCUT2D eigenvalue weighted by molar-refractivity contribution is -0.129. The van der Waals surface area contributed by atoms with Crippen molar-refractivity contribution in [3.63, 3.8) is 0 Å². The first kappa shape index (κ1) is 32.1. The molecule has 196 valence electrons. The van der Waals surface area contributed by atoms with Gasteiger partial charge in [0.25, 0.3) is 10.1 Å². The van der Waals surface area contributed by atoms with Gasteiger partial charge >= 0.3 is 0 Å². The fourth-order valence-corrected chi connectivity index (χ4v) is 4.60. The number of rotatable bonds is 24. The average molecular weight is 488 g/mol. The van der Waals surface area contributed by atoms with E-state index in [1.165, 1.54) is 103 Å². The first-order chi connectivity index (χ1) is 15.9. The van der Waals surface area contributed by atoms with Crippen molar-refractivity contribution in [3.05, 3.63) is 12.2 Å². The second kappa shape index (κ2) is 22.9. The summed E-state index contributed by atoms with van der Waals surface area (Å²) in [5.41, 5.74) is 0. The summed E-state index contributed by atoms with van der Waals surface area (Å²) >= 11 is 0. The lowest BCUT2D eigenvalue weighted by Gasteiger charge is -2.15. The second-order valence-electron chi connectivity index (χ2n) is 9.58. The van der Waals surface area contributed by atoms with Gasteiger partial charge in [-0.15, -0.1) is 0 Å². The third-order valence-electron chi connectivity index (χ3n) is 6.26. The molecule has 0 saturated carbocycles. The van der Waals surface area contributed by atoms with Gasteiger partial charge in [0.05, 0.1) is 5.75 Å². The molecule has 6 heteroatoms. The van der Waals surface area contributed by atoms with Crippen LogP contribution in [0.4, 0.5) is 0 Å². The Morgan fingerprint density at radius 3 is 1.61 bits per heavy atom. The van der Waals surface area contributed by atoms with Crippen molar-refractivity contribution in [2.24, 2.45) is 0 Å². The van der Waals surface area contributed by atoms with Crippen LogP contribution >= 0.6 is 0 Å². The van der Waals surface area contributed by atoms with Crippen molar-refractivity contribution < 1.29 is 17.8 Å². The van der Waals surface area contributed by atoms with Crippen LogP contribution in [0.1, 0.15) is 135 Å². The van der Waals surface area contributed by atoms with Crippen LogP contribution in [0.5, 0.6) is 0 Å². The zero-order valence-corrected chi connectivity index (χ0v) is 22.6. The van der Waals surface area contributed by atoms with Crippen LogP contribution in [0.2, 0.25) is 0 Å². The molecule has 0 aromatic rings. The standard InChI is InChI=1S/C27H53NO4S/c1-3-4-5-6-7-8-9-10-11-12-13-14-15-16-17-18-19-20-21-24-27(29)28(2)25-22-23-26-33(30,31)32/h20-21H,3-19,22-26H2,1-2H3,(H,30,31,32)/b21-20-. The Bertz CT molecular complexity index is 575. The summed E-state index contributed by atoms with van der Waals surface area (Å²) in [6.07, 6.45) is 28.5. The molecule has 1 amide bonds. The largest absolute Gasteiger partial charge is 0.345 e. The van der Waals surface area contributed by atoms with Crippen LogP contribution in [0.3, 0.4) is 0 Å². The normalized spacial score (nSPS) is 12.0. The van der Waals surface area contributed by atoms with E-state index in [0.29, 0.717) is 25.8 Å². The smallest absolute Gasteiger partial charge is 0.264 e. The maximum Gasteiger partial charge on any atom is 0.264 e. The van der Waals surface area contributed by atoms with Gasteiger partial charge in [0.2, 0.25) is 5.91 Å². The number of nitrogens with zero attached hydrogens (tertiary/aromatic N) is 1. The van der Waals surface area contributed by atoms with E-state index in [4.69, 9.17) is 4.55 Å². The molecule has 5 nitrogen and oxygen atoms in total. The first-order valence-corrected chi connectivity index (χ1v) is 15.3. The van der Waals surface area contributed by atoms with E-state index in [2.05, 4.69) is 13.0 Å². The summed E-state index contributed by atoms with van der Waals surface area (Å²) in [5, 5.41) is 0. The molecule has 0 aliphatic rings. The number of carbonyl (C=O) groups excluding carboxylic acids is 1. The third-order valence-corrected chi connectivity index (χ3v) is 7.06. The van der Waals surface area contributed by atoms with Gasteiger partial charge in [-0.1, -0.05) is 115 Å². The summed E-state index contributed by atoms with van der Waals surface area (Å²) in [6, 6.07) is 0. The fraction of sp³-hybridized carbons (Fsp3) is 0.889. The van der Waals surface area contributed by atoms with E-state index >= 15 is 0 Å². The van der Waals surface area contributed by atoms with Crippen molar-refractivity contribution in [2.45, 2.75) is 135 Å². The van der Waals surface area contributed by atoms with Crippen molar-refractivity contribution in [2.75, 3.05) is 19.3 Å². The SMILES string of the molecule is CCCCCCCCCCCCCCCCCC/C=C\CC(=O)N(C)CCCCS(=O)(=O)O. The van der Waals surface area contributed by atoms with Crippen molar-refractivity contribution in [1.29, 1.82) is 0 Å². The number of unbranched alkanes of at least 4 members (excludes halogenated alkanes) is 17. The molecular weight excluding hydrogens is 434 g/mol. The predicted octanol–water partition coefficient (Wildman–Crippen LogP) is 7.71. The molecule has 0 aromatic carbocycles. The Morgan fingerprint density at radius 2 is 1.15 bits per heavy atom. The van der Waals surface area contributed by atoms with Crippen molar-refractivity contribution >= 4 is 16.0 Å². The molecule has 0 aliphatic heterocycles. The van der Waals surface area contributed by atoms with Crippen LogP contribution in [-0.4, -0.2) is 43.1 Å². The molecule has 0 atom stereocenters. The van der Waals surface area contributed by atoms with Crippen molar-refractivity contribution in [1.82, 2.24) is 4.90 Å². The lowest BCUT2D eigenvalue weighted by Crippen LogP contribution is -2.27. The summed E-state index contributed by atoms with van der Waals surface area (Å²) in [5.74, 6) is -0.195. The molecule has 0 aromatic heterocycles. The van der Waals surface area contributed by atoms with Crippen LogP contribution in [0.15, 0.2) is 12.2 Å². The number of hydrogen-bond donors (Lipinski definition) is 1. The minimum atomic E-state index is -3.90. The van der Waals surface area contributed by atoms with Crippen LogP contribution in [0, 0.1) is 0 Å². The van der Waals surface area contributed by atoms with Gasteiger partial charge in [0.1, 0.15) is 0 Å². The highest BCUT2D eigenvalue weighted by atomic mass is 32.2. The summed E-state index contributed by atoms with van der Waals surface area (Å²) in [4.78, 5) is 13.7. The zero-order chi connectivity index (χ0) is 24.6. The Labute approximate surface area is 205 Å². The molecule has 0 radical (unpaired) electrons. The quantitative estimate of drug-likeness (QED) is 0.0859. The van der Waals surface area contributed by atoms with E-state index in [9.17, 15) is 13.2 Å².